The number of halogens is 1. The predicted octanol–water partition coefficient (Wildman–Crippen LogP) is 4.46. The Labute approximate surface area is 117 Å². The van der Waals surface area contributed by atoms with E-state index in [1.807, 2.05) is 0 Å². The van der Waals surface area contributed by atoms with Crippen molar-refractivity contribution in [3.63, 3.8) is 0 Å². The Morgan fingerprint density at radius 3 is 2.61 bits per heavy atom. The standard InChI is InChI=1S/C14H15ClN2S/c1-4-12-13(15)16-8-17-14(12)18-11-6-5-9(2)10(3)7-11/h5-8H,4H2,1-3H3. The van der Waals surface area contributed by atoms with Gasteiger partial charge < -0.3 is 0 Å². The Morgan fingerprint density at radius 2 is 1.94 bits per heavy atom. The van der Waals surface area contributed by atoms with Gasteiger partial charge >= 0.3 is 0 Å². The molecule has 18 heavy (non-hydrogen) atoms. The van der Waals surface area contributed by atoms with Crippen molar-refractivity contribution in [3.05, 3.63) is 46.4 Å². The third kappa shape index (κ3) is 2.85. The van der Waals surface area contributed by atoms with Crippen molar-refractivity contribution in [2.24, 2.45) is 0 Å². The lowest BCUT2D eigenvalue weighted by molar-refractivity contribution is 0.944. The second-order valence-corrected chi connectivity index (χ2v) is 5.57. The van der Waals surface area contributed by atoms with E-state index in [0.717, 1.165) is 17.0 Å². The first-order chi connectivity index (χ1) is 8.61. The monoisotopic (exact) mass is 278 g/mol. The van der Waals surface area contributed by atoms with Crippen LogP contribution in [0.1, 0.15) is 23.6 Å². The van der Waals surface area contributed by atoms with Gasteiger partial charge in [-0.05, 0) is 43.5 Å². The minimum atomic E-state index is 0.554. The summed E-state index contributed by atoms with van der Waals surface area (Å²) in [5, 5.41) is 1.50. The molecule has 0 amide bonds. The molecule has 0 fully saturated rings. The van der Waals surface area contributed by atoms with Gasteiger partial charge in [-0.1, -0.05) is 36.4 Å². The zero-order valence-electron chi connectivity index (χ0n) is 10.7. The molecule has 0 aliphatic rings. The summed E-state index contributed by atoms with van der Waals surface area (Å²) in [6.45, 7) is 6.30. The van der Waals surface area contributed by atoms with Crippen molar-refractivity contribution < 1.29 is 0 Å². The van der Waals surface area contributed by atoms with E-state index in [9.17, 15) is 0 Å². The molecule has 0 atom stereocenters. The van der Waals surface area contributed by atoms with E-state index in [0.29, 0.717) is 5.15 Å². The van der Waals surface area contributed by atoms with Gasteiger partial charge in [0.15, 0.2) is 0 Å². The average molecular weight is 279 g/mol. The highest BCUT2D eigenvalue weighted by Gasteiger charge is 2.09. The molecule has 94 valence electrons. The second kappa shape index (κ2) is 5.72. The van der Waals surface area contributed by atoms with Crippen LogP contribution in [0.3, 0.4) is 0 Å². The quantitative estimate of drug-likeness (QED) is 0.775. The van der Waals surface area contributed by atoms with Crippen molar-refractivity contribution in [1.29, 1.82) is 0 Å². The molecule has 0 aliphatic carbocycles. The number of aromatic nitrogens is 2. The highest BCUT2D eigenvalue weighted by Crippen LogP contribution is 2.32. The molecule has 0 aliphatic heterocycles. The predicted molar refractivity (Wildman–Crippen MR) is 76.5 cm³/mol. The van der Waals surface area contributed by atoms with Gasteiger partial charge in [0.1, 0.15) is 16.5 Å². The van der Waals surface area contributed by atoms with Crippen molar-refractivity contribution in [2.45, 2.75) is 37.1 Å². The maximum absolute atomic E-state index is 6.09. The summed E-state index contributed by atoms with van der Waals surface area (Å²) < 4.78 is 0. The second-order valence-electron chi connectivity index (χ2n) is 4.15. The summed E-state index contributed by atoms with van der Waals surface area (Å²) in [5.41, 5.74) is 3.61. The molecule has 0 saturated carbocycles. The molecule has 2 nitrogen and oxygen atoms in total. The number of hydrogen-bond acceptors (Lipinski definition) is 3. The van der Waals surface area contributed by atoms with E-state index in [-0.39, 0.29) is 0 Å². The minimum absolute atomic E-state index is 0.554. The first-order valence-corrected chi connectivity index (χ1v) is 7.05. The van der Waals surface area contributed by atoms with E-state index in [1.54, 1.807) is 11.8 Å². The lowest BCUT2D eigenvalue weighted by Crippen LogP contribution is -1.94. The summed E-state index contributed by atoms with van der Waals surface area (Å²) in [5.74, 6) is 0. The maximum Gasteiger partial charge on any atom is 0.136 e. The van der Waals surface area contributed by atoms with Gasteiger partial charge in [-0.25, -0.2) is 9.97 Å². The zero-order chi connectivity index (χ0) is 13.1. The molecule has 2 rings (SSSR count). The number of rotatable bonds is 3. The fourth-order valence-electron chi connectivity index (χ4n) is 1.65. The Morgan fingerprint density at radius 1 is 1.17 bits per heavy atom. The SMILES string of the molecule is CCc1c(Cl)ncnc1Sc1ccc(C)c(C)c1. The lowest BCUT2D eigenvalue weighted by atomic mass is 10.1. The molecular weight excluding hydrogens is 264 g/mol. The van der Waals surface area contributed by atoms with Crippen molar-refractivity contribution in [2.75, 3.05) is 0 Å². The van der Waals surface area contributed by atoms with Gasteiger partial charge in [0, 0.05) is 10.5 Å². The van der Waals surface area contributed by atoms with Gasteiger partial charge in [-0.3, -0.25) is 0 Å². The summed E-state index contributed by atoms with van der Waals surface area (Å²) >= 11 is 7.73. The number of hydrogen-bond donors (Lipinski definition) is 0. The normalized spacial score (nSPS) is 10.7. The third-order valence-corrected chi connectivity index (χ3v) is 4.26. The van der Waals surface area contributed by atoms with Crippen LogP contribution in [0.15, 0.2) is 34.4 Å². The molecule has 0 bridgehead atoms. The van der Waals surface area contributed by atoms with Crippen LogP contribution in [0.4, 0.5) is 0 Å². The van der Waals surface area contributed by atoms with Crippen molar-refractivity contribution in [3.8, 4) is 0 Å². The molecule has 4 heteroatoms. The molecule has 0 saturated heterocycles. The Kier molecular flexibility index (Phi) is 4.25. The first kappa shape index (κ1) is 13.4. The van der Waals surface area contributed by atoms with Crippen molar-refractivity contribution >= 4 is 23.4 Å². The van der Waals surface area contributed by atoms with Crippen LogP contribution in [0.5, 0.6) is 0 Å². The van der Waals surface area contributed by atoms with Crippen LogP contribution in [-0.4, -0.2) is 9.97 Å². The fourth-order valence-corrected chi connectivity index (χ4v) is 3.03. The van der Waals surface area contributed by atoms with Crippen LogP contribution >= 0.6 is 23.4 Å². The summed E-state index contributed by atoms with van der Waals surface area (Å²) in [6.07, 6.45) is 2.36. The number of benzene rings is 1. The highest BCUT2D eigenvalue weighted by atomic mass is 35.5. The summed E-state index contributed by atoms with van der Waals surface area (Å²) in [7, 11) is 0. The topological polar surface area (TPSA) is 25.8 Å². The third-order valence-electron chi connectivity index (χ3n) is 2.90. The Balaban J connectivity index is 2.34. The van der Waals surface area contributed by atoms with Crippen LogP contribution in [-0.2, 0) is 6.42 Å². The molecule has 1 heterocycles. The van der Waals surface area contributed by atoms with Gasteiger partial charge in [-0.15, -0.1) is 0 Å². The fraction of sp³-hybridized carbons (Fsp3) is 0.286. The molecule has 0 unspecified atom stereocenters. The van der Waals surface area contributed by atoms with Crippen LogP contribution in [0.2, 0.25) is 5.15 Å². The molecule has 0 N–H and O–H groups in total. The maximum atomic E-state index is 6.09. The molecule has 1 aromatic heterocycles. The van der Waals surface area contributed by atoms with Crippen LogP contribution < -0.4 is 0 Å². The Hall–Kier alpha value is -1.06. The minimum Gasteiger partial charge on any atom is -0.229 e. The summed E-state index contributed by atoms with van der Waals surface area (Å²) in [4.78, 5) is 9.53. The Bertz CT molecular complexity index is 570. The molecule has 1 aromatic carbocycles. The zero-order valence-corrected chi connectivity index (χ0v) is 12.3. The highest BCUT2D eigenvalue weighted by molar-refractivity contribution is 7.99. The summed E-state index contributed by atoms with van der Waals surface area (Å²) in [6, 6.07) is 6.42. The number of aryl methyl sites for hydroxylation is 2. The molecular formula is C14H15ClN2S. The van der Waals surface area contributed by atoms with Crippen molar-refractivity contribution in [1.82, 2.24) is 9.97 Å². The molecule has 0 spiro atoms. The van der Waals surface area contributed by atoms with Crippen LogP contribution in [0, 0.1) is 13.8 Å². The van der Waals surface area contributed by atoms with E-state index >= 15 is 0 Å². The molecule has 0 radical (unpaired) electrons. The van der Waals surface area contributed by atoms with E-state index in [4.69, 9.17) is 11.6 Å². The van der Waals surface area contributed by atoms with Gasteiger partial charge in [0.2, 0.25) is 0 Å². The first-order valence-electron chi connectivity index (χ1n) is 5.86. The van der Waals surface area contributed by atoms with E-state index < -0.39 is 0 Å². The molecule has 2 aromatic rings. The average Bonchev–Trinajstić information content (AvgIpc) is 2.34. The smallest absolute Gasteiger partial charge is 0.136 e. The van der Waals surface area contributed by atoms with Crippen LogP contribution in [0.25, 0.3) is 0 Å². The lowest BCUT2D eigenvalue weighted by Gasteiger charge is -2.08. The van der Waals surface area contributed by atoms with E-state index in [2.05, 4.69) is 48.9 Å². The van der Waals surface area contributed by atoms with E-state index in [1.165, 1.54) is 22.3 Å². The van der Waals surface area contributed by atoms with Gasteiger partial charge in [0.25, 0.3) is 0 Å². The van der Waals surface area contributed by atoms with Gasteiger partial charge in [0.05, 0.1) is 0 Å². The van der Waals surface area contributed by atoms with Gasteiger partial charge in [-0.2, -0.15) is 0 Å². The largest absolute Gasteiger partial charge is 0.229 e. The number of nitrogens with zero attached hydrogens (tertiary/aromatic N) is 2.